The molecule has 4 aliphatic rings. The van der Waals surface area contributed by atoms with Gasteiger partial charge in [-0.25, -0.2) is 0 Å². The standard InChI is InChI=1S/C20H32O5.C14H19NO2/c1-2-3-4-7-14(21)10-11-16-17-12-15(8-5-6-9-20(23)24)25-19(17)13-18(16)22;1-4-8-15(9-5-1)10-12-11-16-13-6-2-3-7-14(13)17-12/h8,10-11,14,16-19,21-22H,2-7,9,12-13H2,1H3,(H,23,24);2-3,6-7,12H,1,4-5,8-11H2/b11-10+,15-8-;/t14-,16+,17+,18+,19-;/m0./s1. The number of rotatable bonds is 12. The van der Waals surface area contributed by atoms with Crippen molar-refractivity contribution in [2.24, 2.45) is 11.8 Å². The fourth-order valence-electron chi connectivity index (χ4n) is 6.44. The molecule has 42 heavy (non-hydrogen) atoms. The summed E-state index contributed by atoms with van der Waals surface area (Å²) >= 11 is 0. The zero-order chi connectivity index (χ0) is 29.7. The van der Waals surface area contributed by atoms with Gasteiger partial charge in [0.2, 0.25) is 0 Å². The first kappa shape index (κ1) is 32.4. The van der Waals surface area contributed by atoms with Crippen LogP contribution in [0.2, 0.25) is 0 Å². The molecule has 3 N–H and O–H groups in total. The highest BCUT2D eigenvalue weighted by Gasteiger charge is 2.47. The van der Waals surface area contributed by atoms with E-state index in [2.05, 4.69) is 11.8 Å². The Hall–Kier alpha value is -2.55. The zero-order valence-electron chi connectivity index (χ0n) is 25.2. The van der Waals surface area contributed by atoms with Crippen molar-refractivity contribution in [2.75, 3.05) is 26.2 Å². The Morgan fingerprint density at radius 2 is 1.88 bits per heavy atom. The van der Waals surface area contributed by atoms with Gasteiger partial charge >= 0.3 is 5.97 Å². The predicted octanol–water partition coefficient (Wildman–Crippen LogP) is 5.72. The number of hydrogen-bond acceptors (Lipinski definition) is 7. The van der Waals surface area contributed by atoms with Gasteiger partial charge in [0.05, 0.1) is 18.0 Å². The lowest BCUT2D eigenvalue weighted by Gasteiger charge is -2.33. The summed E-state index contributed by atoms with van der Waals surface area (Å²) in [5, 5.41) is 29.0. The maximum Gasteiger partial charge on any atom is 0.303 e. The predicted molar refractivity (Wildman–Crippen MR) is 163 cm³/mol. The van der Waals surface area contributed by atoms with E-state index in [9.17, 15) is 15.0 Å². The molecule has 0 amide bonds. The number of carbonyl (C=O) groups is 1. The summed E-state index contributed by atoms with van der Waals surface area (Å²) in [5.74, 6) is 2.20. The number of aliphatic hydroxyl groups excluding tert-OH is 2. The molecule has 3 aliphatic heterocycles. The number of likely N-dealkylation sites (tertiary alicyclic amines) is 1. The Balaban J connectivity index is 0.000000206. The number of para-hydroxylation sites is 2. The maximum absolute atomic E-state index is 10.5. The average Bonchev–Trinajstić information content (AvgIpc) is 3.51. The van der Waals surface area contributed by atoms with E-state index in [4.69, 9.17) is 19.3 Å². The second kappa shape index (κ2) is 16.9. The van der Waals surface area contributed by atoms with E-state index in [1.54, 1.807) is 0 Å². The van der Waals surface area contributed by atoms with Crippen molar-refractivity contribution in [3.8, 4) is 11.5 Å². The highest BCUT2D eigenvalue weighted by Crippen LogP contribution is 2.45. The van der Waals surface area contributed by atoms with Gasteiger partial charge < -0.3 is 29.5 Å². The van der Waals surface area contributed by atoms with Gasteiger partial charge in [-0.2, -0.15) is 0 Å². The molecule has 1 aliphatic carbocycles. The van der Waals surface area contributed by atoms with E-state index >= 15 is 0 Å². The molecule has 234 valence electrons. The van der Waals surface area contributed by atoms with Crippen LogP contribution in [0.4, 0.5) is 0 Å². The van der Waals surface area contributed by atoms with Crippen molar-refractivity contribution in [1.82, 2.24) is 4.90 Å². The molecule has 3 fully saturated rings. The fourth-order valence-corrected chi connectivity index (χ4v) is 6.44. The number of carboxylic acid groups (broad SMARTS) is 1. The number of fused-ring (bicyclic) bond motifs is 2. The lowest BCUT2D eigenvalue weighted by Crippen LogP contribution is -2.42. The molecule has 1 aromatic rings. The molecule has 1 unspecified atom stereocenters. The third kappa shape index (κ3) is 10.0. The SMILES string of the molecule is CCCCC[C@H](O)/C=C/[C@@H]1[C@H]2C/C(=C/CCCC(=O)O)O[C@H]2C[C@H]1O.c1ccc2c(c1)OCC(CN1CCCCC1)O2. The average molecular weight is 586 g/mol. The summed E-state index contributed by atoms with van der Waals surface area (Å²) in [6.45, 7) is 6.23. The van der Waals surface area contributed by atoms with Crippen molar-refractivity contribution in [3.63, 3.8) is 0 Å². The second-order valence-corrected chi connectivity index (χ2v) is 12.2. The van der Waals surface area contributed by atoms with Crippen LogP contribution in [0.3, 0.4) is 0 Å². The van der Waals surface area contributed by atoms with Crippen molar-refractivity contribution in [3.05, 3.63) is 48.3 Å². The summed E-state index contributed by atoms with van der Waals surface area (Å²) in [6, 6.07) is 7.92. The summed E-state index contributed by atoms with van der Waals surface area (Å²) in [6.07, 6.45) is 16.2. The molecule has 2 saturated heterocycles. The molecular formula is C34H51NO7. The van der Waals surface area contributed by atoms with Gasteiger partial charge in [-0.3, -0.25) is 9.69 Å². The number of unbranched alkanes of at least 4 members (excludes halogenated alkanes) is 3. The molecule has 0 bridgehead atoms. The maximum atomic E-state index is 10.5. The Labute approximate surface area is 251 Å². The number of nitrogens with zero attached hydrogens (tertiary/aromatic N) is 1. The summed E-state index contributed by atoms with van der Waals surface area (Å²) < 4.78 is 17.6. The zero-order valence-corrected chi connectivity index (χ0v) is 25.2. The smallest absolute Gasteiger partial charge is 0.303 e. The largest absolute Gasteiger partial charge is 0.495 e. The highest BCUT2D eigenvalue weighted by molar-refractivity contribution is 5.66. The summed E-state index contributed by atoms with van der Waals surface area (Å²) in [7, 11) is 0. The third-order valence-electron chi connectivity index (χ3n) is 8.73. The molecule has 3 heterocycles. The molecule has 0 aromatic heterocycles. The topological polar surface area (TPSA) is 109 Å². The number of hydrogen-bond donors (Lipinski definition) is 3. The first-order chi connectivity index (χ1) is 20.4. The van der Waals surface area contributed by atoms with Crippen LogP contribution in [0.15, 0.2) is 48.3 Å². The Kier molecular flexibility index (Phi) is 13.0. The van der Waals surface area contributed by atoms with Gasteiger partial charge in [-0.15, -0.1) is 0 Å². The molecular weight excluding hydrogens is 534 g/mol. The highest BCUT2D eigenvalue weighted by atomic mass is 16.6. The first-order valence-corrected chi connectivity index (χ1v) is 16.2. The molecule has 5 rings (SSSR count). The van der Waals surface area contributed by atoms with Gasteiger partial charge in [0.25, 0.3) is 0 Å². The number of aliphatic carboxylic acids is 1. The number of piperidine rings is 1. The number of benzene rings is 1. The van der Waals surface area contributed by atoms with Crippen molar-refractivity contribution < 1.29 is 34.3 Å². The minimum absolute atomic E-state index is 0.0238. The van der Waals surface area contributed by atoms with Crippen LogP contribution in [0, 0.1) is 11.8 Å². The number of carboxylic acids is 1. The van der Waals surface area contributed by atoms with E-state index in [0.29, 0.717) is 25.9 Å². The fraction of sp³-hybridized carbons (Fsp3) is 0.676. The quantitative estimate of drug-likeness (QED) is 0.211. The Bertz CT molecular complexity index is 1020. The van der Waals surface area contributed by atoms with Crippen LogP contribution < -0.4 is 9.47 Å². The van der Waals surface area contributed by atoms with E-state index in [1.165, 1.54) is 32.4 Å². The van der Waals surface area contributed by atoms with Crippen LogP contribution in [0.5, 0.6) is 11.5 Å². The minimum atomic E-state index is -0.770. The number of ether oxygens (including phenoxy) is 3. The van der Waals surface area contributed by atoms with Crippen LogP contribution in [-0.2, 0) is 9.53 Å². The van der Waals surface area contributed by atoms with Crippen molar-refractivity contribution >= 4 is 5.97 Å². The monoisotopic (exact) mass is 585 g/mol. The van der Waals surface area contributed by atoms with Gasteiger partial charge in [0.1, 0.15) is 18.8 Å². The van der Waals surface area contributed by atoms with Crippen LogP contribution in [-0.4, -0.2) is 76.8 Å². The van der Waals surface area contributed by atoms with Crippen molar-refractivity contribution in [2.45, 2.75) is 108 Å². The minimum Gasteiger partial charge on any atom is -0.495 e. The van der Waals surface area contributed by atoms with E-state index < -0.39 is 18.2 Å². The van der Waals surface area contributed by atoms with Crippen LogP contribution >= 0.6 is 0 Å². The van der Waals surface area contributed by atoms with Crippen LogP contribution in [0.1, 0.15) is 84.0 Å². The van der Waals surface area contributed by atoms with Gasteiger partial charge in [-0.1, -0.05) is 56.9 Å². The molecule has 8 nitrogen and oxygen atoms in total. The normalized spacial score (nSPS) is 28.6. The van der Waals surface area contributed by atoms with Gasteiger partial charge in [-0.05, 0) is 63.4 Å². The van der Waals surface area contributed by atoms with Gasteiger partial charge in [0.15, 0.2) is 11.5 Å². The molecule has 0 spiro atoms. The van der Waals surface area contributed by atoms with E-state index in [1.807, 2.05) is 42.5 Å². The third-order valence-corrected chi connectivity index (χ3v) is 8.73. The molecule has 6 atom stereocenters. The second-order valence-electron chi connectivity index (χ2n) is 12.2. The molecule has 1 saturated carbocycles. The first-order valence-electron chi connectivity index (χ1n) is 16.2. The van der Waals surface area contributed by atoms with Crippen LogP contribution in [0.25, 0.3) is 0 Å². The van der Waals surface area contributed by atoms with Crippen molar-refractivity contribution in [1.29, 1.82) is 0 Å². The molecule has 0 radical (unpaired) electrons. The molecule has 8 heteroatoms. The lowest BCUT2D eigenvalue weighted by molar-refractivity contribution is -0.137. The van der Waals surface area contributed by atoms with E-state index in [0.717, 1.165) is 55.9 Å². The Morgan fingerprint density at radius 1 is 1.10 bits per heavy atom. The lowest BCUT2D eigenvalue weighted by atomic mass is 9.90. The number of allylic oxidation sites excluding steroid dienone is 2. The Morgan fingerprint density at radius 3 is 2.64 bits per heavy atom. The summed E-state index contributed by atoms with van der Waals surface area (Å²) in [4.78, 5) is 13.0. The van der Waals surface area contributed by atoms with Gasteiger partial charge in [0, 0.05) is 37.6 Å². The number of aliphatic hydroxyl groups is 2. The molecule has 1 aromatic carbocycles. The summed E-state index contributed by atoms with van der Waals surface area (Å²) in [5.41, 5.74) is 0. The van der Waals surface area contributed by atoms with E-state index in [-0.39, 0.29) is 30.5 Å².